The molecule has 2 aromatic heterocycles. The van der Waals surface area contributed by atoms with E-state index in [1.165, 1.54) is 24.7 Å². The number of rotatable bonds is 7. The number of anilines is 2. The maximum Gasteiger partial charge on any atom is 0.528 e. The lowest BCUT2D eigenvalue weighted by molar-refractivity contribution is -0.151. The first-order valence-electron chi connectivity index (χ1n) is 11.5. The summed E-state index contributed by atoms with van der Waals surface area (Å²) in [7, 11) is 2.16. The van der Waals surface area contributed by atoms with Crippen LogP contribution in [-0.2, 0) is 9.57 Å². The number of hydrogen-bond donors (Lipinski definition) is 1. The van der Waals surface area contributed by atoms with Crippen LogP contribution in [0.25, 0.3) is 0 Å². The maximum atomic E-state index is 11.6. The predicted molar refractivity (Wildman–Crippen MR) is 122 cm³/mol. The van der Waals surface area contributed by atoms with Gasteiger partial charge in [-0.05, 0) is 51.9 Å². The molecule has 10 heteroatoms. The summed E-state index contributed by atoms with van der Waals surface area (Å²) >= 11 is 0. The van der Waals surface area contributed by atoms with Crippen LogP contribution in [0.15, 0.2) is 30.7 Å². The van der Waals surface area contributed by atoms with Crippen LogP contribution in [0, 0.1) is 0 Å². The van der Waals surface area contributed by atoms with Crippen LogP contribution in [0.3, 0.4) is 0 Å². The van der Waals surface area contributed by atoms with Crippen LogP contribution in [-0.4, -0.2) is 70.0 Å². The van der Waals surface area contributed by atoms with Crippen molar-refractivity contribution < 1.29 is 19.1 Å². The van der Waals surface area contributed by atoms with Crippen LogP contribution in [0.5, 0.6) is 5.88 Å². The fraction of sp³-hybridized carbons (Fsp3) is 0.565. The minimum absolute atomic E-state index is 0.0190. The lowest BCUT2D eigenvalue weighted by atomic mass is 10.1. The lowest BCUT2D eigenvalue weighted by Gasteiger charge is -2.30. The van der Waals surface area contributed by atoms with Gasteiger partial charge in [-0.1, -0.05) is 6.07 Å². The van der Waals surface area contributed by atoms with Gasteiger partial charge < -0.3 is 19.6 Å². The molecule has 2 aromatic rings. The molecule has 2 aliphatic heterocycles. The molecule has 4 heterocycles. The van der Waals surface area contributed by atoms with Crippen LogP contribution < -0.4 is 10.1 Å². The maximum absolute atomic E-state index is 11.6. The SMILES string of the molecule is CC(C)OC(=O)ON1CCC(Oc2cc(Nc3ccc(C4CCCN4C)cn3)ncn2)CC1. The molecule has 2 fully saturated rings. The molecular formula is C23H32N6O4. The number of carbonyl (C=O) groups is 1. The second kappa shape index (κ2) is 10.8. The minimum atomic E-state index is -0.673. The minimum Gasteiger partial charge on any atom is -0.474 e. The molecule has 0 amide bonds. The molecule has 0 aromatic carbocycles. The van der Waals surface area contributed by atoms with Crippen molar-refractivity contribution >= 4 is 17.8 Å². The summed E-state index contributed by atoms with van der Waals surface area (Å²) in [6.07, 6.45) is 6.32. The number of aromatic nitrogens is 3. The smallest absolute Gasteiger partial charge is 0.474 e. The van der Waals surface area contributed by atoms with E-state index in [1.807, 2.05) is 12.3 Å². The molecule has 33 heavy (non-hydrogen) atoms. The Kier molecular flexibility index (Phi) is 7.56. The van der Waals surface area contributed by atoms with Crippen molar-refractivity contribution in [3.8, 4) is 5.88 Å². The molecular weight excluding hydrogens is 424 g/mol. The Balaban J connectivity index is 1.27. The van der Waals surface area contributed by atoms with E-state index < -0.39 is 6.16 Å². The Morgan fingerprint density at radius 2 is 1.91 bits per heavy atom. The Morgan fingerprint density at radius 1 is 1.09 bits per heavy atom. The first-order chi connectivity index (χ1) is 16.0. The van der Waals surface area contributed by atoms with Gasteiger partial charge in [0.05, 0.1) is 6.10 Å². The van der Waals surface area contributed by atoms with Crippen molar-refractivity contribution in [3.05, 3.63) is 36.3 Å². The van der Waals surface area contributed by atoms with Crippen molar-refractivity contribution in [1.82, 2.24) is 24.9 Å². The summed E-state index contributed by atoms with van der Waals surface area (Å²) < 4.78 is 11.0. The summed E-state index contributed by atoms with van der Waals surface area (Å²) in [5.41, 5.74) is 1.24. The summed E-state index contributed by atoms with van der Waals surface area (Å²) in [4.78, 5) is 32.3. The second-order valence-corrected chi connectivity index (χ2v) is 8.74. The second-order valence-electron chi connectivity index (χ2n) is 8.74. The molecule has 1 atom stereocenters. The molecule has 4 rings (SSSR count). The number of nitrogens with one attached hydrogen (secondary N) is 1. The zero-order valence-corrected chi connectivity index (χ0v) is 19.4. The van der Waals surface area contributed by atoms with E-state index in [2.05, 4.69) is 38.3 Å². The largest absolute Gasteiger partial charge is 0.528 e. The van der Waals surface area contributed by atoms with Crippen LogP contribution in [0.4, 0.5) is 16.4 Å². The van der Waals surface area contributed by atoms with Gasteiger partial charge in [-0.25, -0.2) is 19.7 Å². The molecule has 1 unspecified atom stereocenters. The van der Waals surface area contributed by atoms with E-state index in [-0.39, 0.29) is 12.2 Å². The number of carbonyl (C=O) groups excluding carboxylic acids is 1. The van der Waals surface area contributed by atoms with Crippen LogP contribution in [0.1, 0.15) is 51.1 Å². The van der Waals surface area contributed by atoms with E-state index in [0.717, 1.165) is 12.4 Å². The summed E-state index contributed by atoms with van der Waals surface area (Å²) in [6, 6.07) is 6.31. The number of nitrogens with zero attached hydrogens (tertiary/aromatic N) is 5. The molecule has 178 valence electrons. The van der Waals surface area contributed by atoms with E-state index in [4.69, 9.17) is 14.3 Å². The topological polar surface area (TPSA) is 102 Å². The lowest BCUT2D eigenvalue weighted by Crippen LogP contribution is -2.40. The quantitative estimate of drug-likeness (QED) is 0.620. The highest BCUT2D eigenvalue weighted by Crippen LogP contribution is 2.30. The number of hydroxylamine groups is 2. The van der Waals surface area contributed by atoms with Gasteiger partial charge in [0.2, 0.25) is 5.88 Å². The standard InChI is InChI=1S/C23H32N6O4/c1-16(2)31-23(30)33-29-11-8-18(9-12-29)32-22-13-21(25-15-26-22)27-20-7-6-17(14-24-20)19-5-4-10-28(19)3/h6-7,13-16,18-19H,4-5,8-12H2,1-3H3,(H,24,25,26,27). The zero-order valence-electron chi connectivity index (χ0n) is 19.4. The van der Waals surface area contributed by atoms with Crippen LogP contribution >= 0.6 is 0 Å². The molecule has 0 bridgehead atoms. The van der Waals surface area contributed by atoms with Gasteiger partial charge in [0, 0.05) is 44.2 Å². The van der Waals surface area contributed by atoms with Gasteiger partial charge in [0.1, 0.15) is 24.1 Å². The third-order valence-corrected chi connectivity index (χ3v) is 5.81. The van der Waals surface area contributed by atoms with Crippen molar-refractivity contribution in [2.45, 2.75) is 57.8 Å². The fourth-order valence-electron chi connectivity index (χ4n) is 4.14. The average Bonchev–Trinajstić information content (AvgIpc) is 3.21. The van der Waals surface area contributed by atoms with Gasteiger partial charge >= 0.3 is 6.16 Å². The molecule has 0 spiro atoms. The van der Waals surface area contributed by atoms with E-state index in [1.54, 1.807) is 25.0 Å². The number of hydrogen-bond acceptors (Lipinski definition) is 10. The van der Waals surface area contributed by atoms with E-state index in [0.29, 0.717) is 43.7 Å². The summed E-state index contributed by atoms with van der Waals surface area (Å²) in [5, 5.41) is 4.83. The highest BCUT2D eigenvalue weighted by molar-refractivity contribution is 5.59. The highest BCUT2D eigenvalue weighted by atomic mass is 16.8. The molecule has 10 nitrogen and oxygen atoms in total. The third kappa shape index (κ3) is 6.52. The third-order valence-electron chi connectivity index (χ3n) is 5.81. The van der Waals surface area contributed by atoms with Crippen molar-refractivity contribution in [2.75, 3.05) is 32.0 Å². The van der Waals surface area contributed by atoms with E-state index >= 15 is 0 Å². The Bertz CT molecular complexity index is 917. The fourth-order valence-corrected chi connectivity index (χ4v) is 4.14. The number of pyridine rings is 1. The first-order valence-corrected chi connectivity index (χ1v) is 11.5. The highest BCUT2D eigenvalue weighted by Gasteiger charge is 2.25. The number of piperidine rings is 1. The van der Waals surface area contributed by atoms with Crippen molar-refractivity contribution in [2.24, 2.45) is 0 Å². The number of likely N-dealkylation sites (tertiary alicyclic amines) is 1. The van der Waals surface area contributed by atoms with Gasteiger partial charge in [-0.15, -0.1) is 5.06 Å². The normalized spacial score (nSPS) is 20.1. The molecule has 1 N–H and O–H groups in total. The molecule has 0 saturated carbocycles. The molecule has 0 radical (unpaired) electrons. The van der Waals surface area contributed by atoms with Gasteiger partial charge in [-0.3, -0.25) is 4.90 Å². The van der Waals surface area contributed by atoms with E-state index in [9.17, 15) is 4.79 Å². The van der Waals surface area contributed by atoms with Gasteiger partial charge in [-0.2, -0.15) is 0 Å². The van der Waals surface area contributed by atoms with Crippen molar-refractivity contribution in [1.29, 1.82) is 0 Å². The van der Waals surface area contributed by atoms with Crippen LogP contribution in [0.2, 0.25) is 0 Å². The summed E-state index contributed by atoms with van der Waals surface area (Å²) in [6.45, 7) is 5.84. The van der Waals surface area contributed by atoms with Gasteiger partial charge in [0.15, 0.2) is 0 Å². The first kappa shape index (κ1) is 23.2. The Labute approximate surface area is 194 Å². The molecule has 0 aliphatic carbocycles. The zero-order chi connectivity index (χ0) is 23.2. The van der Waals surface area contributed by atoms with Gasteiger partial charge in [0.25, 0.3) is 0 Å². The number of ether oxygens (including phenoxy) is 2. The Hall–Kier alpha value is -2.98. The predicted octanol–water partition coefficient (Wildman–Crippen LogP) is 3.70. The Morgan fingerprint density at radius 3 is 2.58 bits per heavy atom. The summed E-state index contributed by atoms with van der Waals surface area (Å²) in [5.74, 6) is 1.84. The average molecular weight is 457 g/mol. The molecule has 2 aliphatic rings. The molecule has 2 saturated heterocycles. The monoisotopic (exact) mass is 456 g/mol. The van der Waals surface area contributed by atoms with Crippen molar-refractivity contribution in [3.63, 3.8) is 0 Å².